The van der Waals surface area contributed by atoms with Gasteiger partial charge in [0.2, 0.25) is 0 Å². The van der Waals surface area contributed by atoms with E-state index in [4.69, 9.17) is 18.0 Å². The Hall–Kier alpha value is -1.94. The van der Waals surface area contributed by atoms with E-state index in [1.54, 1.807) is 6.20 Å². The molecule has 0 amide bonds. The minimum Gasteiger partial charge on any atom is -0.388 e. The molecule has 3 nitrogen and oxygen atoms in total. The molecule has 0 aliphatic heterocycles. The molecular formula is C15H17N3S. The highest BCUT2D eigenvalue weighted by atomic mass is 32.1. The van der Waals surface area contributed by atoms with Gasteiger partial charge < -0.3 is 11.1 Å². The Morgan fingerprint density at radius 1 is 1.16 bits per heavy atom. The lowest BCUT2D eigenvalue weighted by Crippen LogP contribution is -2.14. The zero-order valence-corrected chi connectivity index (χ0v) is 11.9. The summed E-state index contributed by atoms with van der Waals surface area (Å²) in [7, 11) is 0. The summed E-state index contributed by atoms with van der Waals surface area (Å²) < 4.78 is 0. The predicted molar refractivity (Wildman–Crippen MR) is 83.9 cm³/mol. The summed E-state index contributed by atoms with van der Waals surface area (Å²) in [5.74, 6) is 0.439. The molecule has 0 saturated heterocycles. The summed E-state index contributed by atoms with van der Waals surface area (Å²) in [5, 5.41) is 3.37. The van der Waals surface area contributed by atoms with Crippen LogP contribution in [0.4, 0.5) is 11.4 Å². The second-order valence-electron chi connectivity index (χ2n) is 4.63. The van der Waals surface area contributed by atoms with Crippen molar-refractivity contribution in [2.75, 3.05) is 5.32 Å². The predicted octanol–water partition coefficient (Wildman–Crippen LogP) is 3.58. The second kappa shape index (κ2) is 5.80. The van der Waals surface area contributed by atoms with Gasteiger partial charge in [-0.3, -0.25) is 4.98 Å². The van der Waals surface area contributed by atoms with Crippen LogP contribution in [0.3, 0.4) is 0 Å². The summed E-state index contributed by atoms with van der Waals surface area (Å²) in [5.41, 5.74) is 9.46. The number of nitrogens with two attached hydrogens (primary N) is 1. The van der Waals surface area contributed by atoms with Crippen LogP contribution in [0.15, 0.2) is 42.6 Å². The van der Waals surface area contributed by atoms with E-state index in [1.807, 2.05) is 30.3 Å². The Bertz CT molecular complexity index is 593. The van der Waals surface area contributed by atoms with Crippen LogP contribution >= 0.6 is 12.2 Å². The standard InChI is InChI=1S/C15H17N3S/c1-10(2)11-6-3-4-7-12(11)18-13-8-5-9-17-14(13)15(16)19/h3-10,18H,1-2H3,(H2,16,19). The van der Waals surface area contributed by atoms with Crippen molar-refractivity contribution in [2.24, 2.45) is 5.73 Å². The van der Waals surface area contributed by atoms with Crippen LogP contribution in [0.25, 0.3) is 0 Å². The highest BCUT2D eigenvalue weighted by molar-refractivity contribution is 7.80. The number of para-hydroxylation sites is 1. The number of nitrogens with zero attached hydrogens (tertiary/aromatic N) is 1. The van der Waals surface area contributed by atoms with E-state index in [-0.39, 0.29) is 0 Å². The molecule has 98 valence electrons. The van der Waals surface area contributed by atoms with Crippen LogP contribution in [0, 0.1) is 0 Å². The lowest BCUT2D eigenvalue weighted by molar-refractivity contribution is 0.869. The van der Waals surface area contributed by atoms with Crippen LogP contribution in [0.5, 0.6) is 0 Å². The molecule has 1 aromatic carbocycles. The molecule has 4 heteroatoms. The van der Waals surface area contributed by atoms with Gasteiger partial charge >= 0.3 is 0 Å². The van der Waals surface area contributed by atoms with Gasteiger partial charge in [0.1, 0.15) is 10.7 Å². The lowest BCUT2D eigenvalue weighted by Gasteiger charge is -2.16. The first-order valence-electron chi connectivity index (χ1n) is 6.20. The number of rotatable bonds is 4. The molecular weight excluding hydrogens is 254 g/mol. The summed E-state index contributed by atoms with van der Waals surface area (Å²) in [6.45, 7) is 4.33. The largest absolute Gasteiger partial charge is 0.388 e. The molecule has 0 spiro atoms. The molecule has 0 atom stereocenters. The summed E-state index contributed by atoms with van der Waals surface area (Å²) in [6, 6.07) is 12.0. The van der Waals surface area contributed by atoms with Crippen LogP contribution in [0.2, 0.25) is 0 Å². The zero-order chi connectivity index (χ0) is 13.8. The van der Waals surface area contributed by atoms with Gasteiger partial charge in [0.15, 0.2) is 0 Å². The molecule has 2 aromatic rings. The highest BCUT2D eigenvalue weighted by Gasteiger charge is 2.10. The molecule has 3 N–H and O–H groups in total. The van der Waals surface area contributed by atoms with Crippen molar-refractivity contribution in [1.82, 2.24) is 4.98 Å². The van der Waals surface area contributed by atoms with Crippen LogP contribution in [-0.2, 0) is 0 Å². The molecule has 19 heavy (non-hydrogen) atoms. The maximum atomic E-state index is 5.70. The van der Waals surface area contributed by atoms with Crippen LogP contribution < -0.4 is 11.1 Å². The Morgan fingerprint density at radius 2 is 1.84 bits per heavy atom. The Labute approximate surface area is 118 Å². The van der Waals surface area contributed by atoms with E-state index in [9.17, 15) is 0 Å². The molecule has 0 saturated carbocycles. The highest BCUT2D eigenvalue weighted by Crippen LogP contribution is 2.27. The van der Waals surface area contributed by atoms with Crippen molar-refractivity contribution < 1.29 is 0 Å². The number of anilines is 2. The zero-order valence-electron chi connectivity index (χ0n) is 11.1. The van der Waals surface area contributed by atoms with Gasteiger partial charge in [-0.25, -0.2) is 0 Å². The Morgan fingerprint density at radius 3 is 2.53 bits per heavy atom. The lowest BCUT2D eigenvalue weighted by atomic mass is 10.0. The van der Waals surface area contributed by atoms with Gasteiger partial charge in [0, 0.05) is 11.9 Å². The van der Waals surface area contributed by atoms with Crippen molar-refractivity contribution in [3.8, 4) is 0 Å². The normalized spacial score (nSPS) is 10.5. The molecule has 0 radical (unpaired) electrons. The van der Waals surface area contributed by atoms with Crippen LogP contribution in [-0.4, -0.2) is 9.97 Å². The monoisotopic (exact) mass is 271 g/mol. The quantitative estimate of drug-likeness (QED) is 0.834. The summed E-state index contributed by atoms with van der Waals surface area (Å²) >= 11 is 5.03. The van der Waals surface area contributed by atoms with Gasteiger partial charge in [-0.05, 0) is 29.7 Å². The summed E-state index contributed by atoms with van der Waals surface area (Å²) in [6.07, 6.45) is 1.69. The van der Waals surface area contributed by atoms with Crippen molar-refractivity contribution in [2.45, 2.75) is 19.8 Å². The second-order valence-corrected chi connectivity index (χ2v) is 5.07. The number of thiocarbonyl (C=S) groups is 1. The fourth-order valence-electron chi connectivity index (χ4n) is 1.96. The smallest absolute Gasteiger partial charge is 0.124 e. The van der Waals surface area contributed by atoms with E-state index in [0.717, 1.165) is 11.4 Å². The van der Waals surface area contributed by atoms with Crippen LogP contribution in [0.1, 0.15) is 31.0 Å². The van der Waals surface area contributed by atoms with Crippen molar-refractivity contribution in [1.29, 1.82) is 0 Å². The van der Waals surface area contributed by atoms with Crippen molar-refractivity contribution >= 4 is 28.6 Å². The molecule has 0 aliphatic carbocycles. The van der Waals surface area contributed by atoms with Gasteiger partial charge in [0.05, 0.1) is 5.69 Å². The van der Waals surface area contributed by atoms with Gasteiger partial charge in [0.25, 0.3) is 0 Å². The van der Waals surface area contributed by atoms with Crippen molar-refractivity contribution in [3.05, 3.63) is 53.9 Å². The third kappa shape index (κ3) is 3.09. The fraction of sp³-hybridized carbons (Fsp3) is 0.200. The van der Waals surface area contributed by atoms with Crippen molar-refractivity contribution in [3.63, 3.8) is 0 Å². The van der Waals surface area contributed by atoms with E-state index in [0.29, 0.717) is 16.6 Å². The molecule has 0 unspecified atom stereocenters. The molecule has 0 aliphatic rings. The number of hydrogen-bond acceptors (Lipinski definition) is 3. The first-order chi connectivity index (χ1) is 9.09. The minimum atomic E-state index is 0.296. The first-order valence-corrected chi connectivity index (χ1v) is 6.61. The molecule has 1 heterocycles. The molecule has 0 fully saturated rings. The average molecular weight is 271 g/mol. The van der Waals surface area contributed by atoms with Gasteiger partial charge in [-0.15, -0.1) is 0 Å². The number of nitrogens with one attached hydrogen (secondary N) is 1. The maximum absolute atomic E-state index is 5.70. The third-order valence-electron chi connectivity index (χ3n) is 2.89. The molecule has 1 aromatic heterocycles. The Balaban J connectivity index is 2.39. The van der Waals surface area contributed by atoms with E-state index in [1.165, 1.54) is 5.56 Å². The van der Waals surface area contributed by atoms with Gasteiger partial charge in [-0.1, -0.05) is 44.3 Å². The van der Waals surface area contributed by atoms with E-state index in [2.05, 4.69) is 30.2 Å². The SMILES string of the molecule is CC(C)c1ccccc1Nc1cccnc1C(N)=S. The fourth-order valence-corrected chi connectivity index (χ4v) is 2.12. The minimum absolute atomic E-state index is 0.296. The number of aromatic nitrogens is 1. The topological polar surface area (TPSA) is 50.9 Å². The number of hydrogen-bond donors (Lipinski definition) is 2. The molecule has 2 rings (SSSR count). The Kier molecular flexibility index (Phi) is 4.12. The number of pyridine rings is 1. The number of benzene rings is 1. The average Bonchev–Trinajstić information content (AvgIpc) is 2.39. The van der Waals surface area contributed by atoms with E-state index < -0.39 is 0 Å². The third-order valence-corrected chi connectivity index (χ3v) is 3.09. The summed E-state index contributed by atoms with van der Waals surface area (Å²) in [4.78, 5) is 4.52. The van der Waals surface area contributed by atoms with Gasteiger partial charge in [-0.2, -0.15) is 0 Å². The molecule has 0 bridgehead atoms. The van der Waals surface area contributed by atoms with E-state index >= 15 is 0 Å². The first kappa shape index (κ1) is 13.5. The maximum Gasteiger partial charge on any atom is 0.124 e.